The molecule has 2 aromatic carbocycles. The van der Waals surface area contributed by atoms with Crippen LogP contribution in [-0.4, -0.2) is 32.0 Å². The molecule has 0 bridgehead atoms. The standard InChI is InChI=1S/C21H23N3O5S2/c1-4-29-20(26)12-11-19(25)23-21(30)22-16-6-8-17(9-7-16)31(27,28)24-18-10-5-14(2)13-15(18)3/h5-13,24H,4H2,1-3H3,(H2,22,23,25,30). The molecule has 0 saturated carbocycles. The fourth-order valence-corrected chi connectivity index (χ4v) is 3.85. The average Bonchev–Trinajstić information content (AvgIpc) is 2.69. The Hall–Kier alpha value is -3.24. The Morgan fingerprint density at radius 3 is 2.35 bits per heavy atom. The third kappa shape index (κ3) is 7.50. The van der Waals surface area contributed by atoms with Gasteiger partial charge in [0, 0.05) is 17.8 Å². The summed E-state index contributed by atoms with van der Waals surface area (Å²) in [5.74, 6) is -1.25. The van der Waals surface area contributed by atoms with E-state index in [1.165, 1.54) is 24.3 Å². The molecule has 0 atom stereocenters. The van der Waals surface area contributed by atoms with Gasteiger partial charge in [-0.3, -0.25) is 14.8 Å². The molecule has 0 saturated heterocycles. The summed E-state index contributed by atoms with van der Waals surface area (Å²) in [5, 5.41) is 5.12. The summed E-state index contributed by atoms with van der Waals surface area (Å²) in [6.07, 6.45) is 1.99. The van der Waals surface area contributed by atoms with E-state index < -0.39 is 21.9 Å². The zero-order chi connectivity index (χ0) is 23.0. The minimum Gasteiger partial charge on any atom is -0.463 e. The maximum Gasteiger partial charge on any atom is 0.330 e. The van der Waals surface area contributed by atoms with Crippen LogP contribution in [-0.2, 0) is 24.3 Å². The highest BCUT2D eigenvalue weighted by molar-refractivity contribution is 7.92. The number of aryl methyl sites for hydroxylation is 2. The molecule has 0 radical (unpaired) electrons. The predicted octanol–water partition coefficient (Wildman–Crippen LogP) is 3.04. The molecular weight excluding hydrogens is 438 g/mol. The van der Waals surface area contributed by atoms with Crippen LogP contribution in [0, 0.1) is 13.8 Å². The van der Waals surface area contributed by atoms with Crippen molar-refractivity contribution in [1.82, 2.24) is 5.32 Å². The molecule has 0 aliphatic heterocycles. The van der Waals surface area contributed by atoms with E-state index in [1.807, 2.05) is 26.0 Å². The molecule has 0 aliphatic rings. The van der Waals surface area contributed by atoms with E-state index in [1.54, 1.807) is 13.0 Å². The summed E-state index contributed by atoms with van der Waals surface area (Å²) in [4.78, 5) is 23.0. The summed E-state index contributed by atoms with van der Waals surface area (Å²) in [5.41, 5.74) is 2.84. The van der Waals surface area contributed by atoms with E-state index in [4.69, 9.17) is 12.2 Å². The van der Waals surface area contributed by atoms with E-state index >= 15 is 0 Å². The van der Waals surface area contributed by atoms with Gasteiger partial charge in [-0.2, -0.15) is 0 Å². The second-order valence-corrected chi connectivity index (χ2v) is 8.57. The van der Waals surface area contributed by atoms with Crippen LogP contribution in [0.2, 0.25) is 0 Å². The lowest BCUT2D eigenvalue weighted by atomic mass is 10.1. The number of ether oxygens (including phenoxy) is 1. The molecule has 3 N–H and O–H groups in total. The first-order valence-electron chi connectivity index (χ1n) is 9.27. The van der Waals surface area contributed by atoms with E-state index in [9.17, 15) is 18.0 Å². The number of esters is 1. The Kier molecular flexibility index (Phi) is 8.29. The quantitative estimate of drug-likeness (QED) is 0.330. The monoisotopic (exact) mass is 461 g/mol. The Balaban J connectivity index is 1.98. The van der Waals surface area contributed by atoms with Crippen LogP contribution >= 0.6 is 12.2 Å². The maximum absolute atomic E-state index is 12.6. The minimum atomic E-state index is -3.77. The summed E-state index contributed by atoms with van der Waals surface area (Å²) >= 11 is 5.04. The van der Waals surface area contributed by atoms with Crippen LogP contribution in [0.5, 0.6) is 0 Å². The van der Waals surface area contributed by atoms with Gasteiger partial charge < -0.3 is 10.1 Å². The fraction of sp³-hybridized carbons (Fsp3) is 0.190. The number of carbonyl (C=O) groups is 2. The van der Waals surface area contributed by atoms with Crippen molar-refractivity contribution in [3.05, 3.63) is 65.7 Å². The van der Waals surface area contributed by atoms with Crippen molar-refractivity contribution in [3.63, 3.8) is 0 Å². The van der Waals surface area contributed by atoms with Gasteiger partial charge in [-0.05, 0) is 68.9 Å². The van der Waals surface area contributed by atoms with Crippen molar-refractivity contribution in [2.24, 2.45) is 0 Å². The molecule has 0 heterocycles. The average molecular weight is 462 g/mol. The number of amides is 1. The maximum atomic E-state index is 12.6. The summed E-state index contributed by atoms with van der Waals surface area (Å²) in [7, 11) is -3.77. The molecule has 1 amide bonds. The zero-order valence-electron chi connectivity index (χ0n) is 17.3. The van der Waals surface area contributed by atoms with Crippen LogP contribution in [0.4, 0.5) is 11.4 Å². The molecule has 31 heavy (non-hydrogen) atoms. The zero-order valence-corrected chi connectivity index (χ0v) is 18.9. The second kappa shape index (κ2) is 10.7. The molecule has 10 heteroatoms. The molecule has 8 nitrogen and oxygen atoms in total. The summed E-state index contributed by atoms with van der Waals surface area (Å²) in [6.45, 7) is 5.62. The minimum absolute atomic E-state index is 0.0116. The van der Waals surface area contributed by atoms with Gasteiger partial charge in [0.15, 0.2) is 5.11 Å². The summed E-state index contributed by atoms with van der Waals surface area (Å²) < 4.78 is 32.5. The first-order valence-corrected chi connectivity index (χ1v) is 11.2. The molecular formula is C21H23N3O5S2. The van der Waals surface area contributed by atoms with Crippen LogP contribution in [0.25, 0.3) is 0 Å². The van der Waals surface area contributed by atoms with Gasteiger partial charge in [-0.1, -0.05) is 17.7 Å². The third-order valence-corrected chi connectivity index (χ3v) is 5.53. The number of hydrogen-bond acceptors (Lipinski definition) is 6. The number of rotatable bonds is 7. The number of benzene rings is 2. The first-order chi connectivity index (χ1) is 14.6. The molecule has 0 spiro atoms. The van der Waals surface area contributed by atoms with Crippen LogP contribution in [0.3, 0.4) is 0 Å². The number of sulfonamides is 1. The molecule has 0 fully saturated rings. The van der Waals surface area contributed by atoms with Gasteiger partial charge in [0.25, 0.3) is 10.0 Å². The highest BCUT2D eigenvalue weighted by atomic mass is 32.2. The fourth-order valence-electron chi connectivity index (χ4n) is 2.50. The predicted molar refractivity (Wildman–Crippen MR) is 123 cm³/mol. The van der Waals surface area contributed by atoms with Crippen molar-refractivity contribution in [2.75, 3.05) is 16.6 Å². The van der Waals surface area contributed by atoms with Crippen LogP contribution in [0.15, 0.2) is 59.5 Å². The van der Waals surface area contributed by atoms with Crippen molar-refractivity contribution in [3.8, 4) is 0 Å². The number of hydrogen-bond donors (Lipinski definition) is 3. The SMILES string of the molecule is CCOC(=O)C=CC(=O)NC(=S)Nc1ccc(S(=O)(=O)Nc2ccc(C)cc2C)cc1. The Bertz CT molecular complexity index is 1110. The Labute approximate surface area is 186 Å². The van der Waals surface area contributed by atoms with E-state index in [0.29, 0.717) is 11.4 Å². The molecule has 164 valence electrons. The second-order valence-electron chi connectivity index (χ2n) is 6.48. The van der Waals surface area contributed by atoms with Gasteiger partial charge in [0.2, 0.25) is 5.91 Å². The molecule has 0 aromatic heterocycles. The smallest absolute Gasteiger partial charge is 0.330 e. The van der Waals surface area contributed by atoms with Gasteiger partial charge in [0.05, 0.1) is 17.2 Å². The Morgan fingerprint density at radius 1 is 1.06 bits per heavy atom. The lowest BCUT2D eigenvalue weighted by Crippen LogP contribution is -2.33. The Morgan fingerprint density at radius 2 is 1.74 bits per heavy atom. The third-order valence-electron chi connectivity index (χ3n) is 3.94. The van der Waals surface area contributed by atoms with Crippen molar-refractivity contribution in [1.29, 1.82) is 0 Å². The largest absolute Gasteiger partial charge is 0.463 e. The van der Waals surface area contributed by atoms with Crippen molar-refractivity contribution >= 4 is 50.6 Å². The highest BCUT2D eigenvalue weighted by Gasteiger charge is 2.15. The number of anilines is 2. The molecule has 2 rings (SSSR count). The van der Waals surface area contributed by atoms with Crippen LogP contribution < -0.4 is 15.4 Å². The van der Waals surface area contributed by atoms with E-state index in [2.05, 4.69) is 20.1 Å². The van der Waals surface area contributed by atoms with Gasteiger partial charge in [0.1, 0.15) is 0 Å². The number of nitrogens with one attached hydrogen (secondary N) is 3. The van der Waals surface area contributed by atoms with Gasteiger partial charge >= 0.3 is 5.97 Å². The first kappa shape index (κ1) is 24.0. The summed E-state index contributed by atoms with van der Waals surface area (Å²) in [6, 6.07) is 11.3. The van der Waals surface area contributed by atoms with Crippen molar-refractivity contribution < 1.29 is 22.7 Å². The number of thiocarbonyl (C=S) groups is 1. The topological polar surface area (TPSA) is 114 Å². The molecule has 0 unspecified atom stereocenters. The lowest BCUT2D eigenvalue weighted by Gasteiger charge is -2.12. The van der Waals surface area contributed by atoms with Gasteiger partial charge in [-0.25, -0.2) is 13.2 Å². The molecule has 2 aromatic rings. The lowest BCUT2D eigenvalue weighted by molar-refractivity contribution is -0.137. The van der Waals surface area contributed by atoms with Gasteiger partial charge in [-0.15, -0.1) is 0 Å². The molecule has 0 aliphatic carbocycles. The highest BCUT2D eigenvalue weighted by Crippen LogP contribution is 2.21. The van der Waals surface area contributed by atoms with Crippen molar-refractivity contribution in [2.45, 2.75) is 25.7 Å². The van der Waals surface area contributed by atoms with E-state index in [0.717, 1.165) is 23.3 Å². The normalized spacial score (nSPS) is 11.1. The van der Waals surface area contributed by atoms with Crippen LogP contribution in [0.1, 0.15) is 18.1 Å². The number of carbonyl (C=O) groups excluding carboxylic acids is 2. The van der Waals surface area contributed by atoms with E-state index in [-0.39, 0.29) is 16.6 Å².